The first-order valence-corrected chi connectivity index (χ1v) is 7.22. The molecule has 1 heterocycles. The van der Waals surface area contributed by atoms with Gasteiger partial charge in [-0.2, -0.15) is 0 Å². The van der Waals surface area contributed by atoms with Crippen LogP contribution in [0.15, 0.2) is 24.4 Å². The molecule has 0 N–H and O–H groups in total. The topological polar surface area (TPSA) is 35.0 Å². The van der Waals surface area contributed by atoms with Crippen LogP contribution in [0.2, 0.25) is 10.3 Å². The fourth-order valence-electron chi connectivity index (χ4n) is 2.06. The fraction of sp³-hybridized carbons (Fsp3) is 0.333. The zero-order valence-electron chi connectivity index (χ0n) is 11.5. The predicted molar refractivity (Wildman–Crippen MR) is 81.8 cm³/mol. The Morgan fingerprint density at radius 1 is 1.25 bits per heavy atom. The fourth-order valence-corrected chi connectivity index (χ4v) is 2.40. The first kappa shape index (κ1) is 15.1. The highest BCUT2D eigenvalue weighted by Crippen LogP contribution is 2.26. The van der Waals surface area contributed by atoms with Gasteiger partial charge in [-0.1, -0.05) is 31.0 Å². The van der Waals surface area contributed by atoms with Crippen molar-refractivity contribution in [3.8, 4) is 5.75 Å². The molecule has 0 radical (unpaired) electrons. The van der Waals surface area contributed by atoms with E-state index in [2.05, 4.69) is 16.9 Å². The SMILES string of the molecule is CCCc1cnc(Cl)nc1Cc1ccc(Cl)c(OC)c1. The van der Waals surface area contributed by atoms with E-state index in [1.807, 2.05) is 18.2 Å². The van der Waals surface area contributed by atoms with Crippen LogP contribution >= 0.6 is 23.2 Å². The molecule has 1 aromatic carbocycles. The van der Waals surface area contributed by atoms with Crippen molar-refractivity contribution < 1.29 is 4.74 Å². The Morgan fingerprint density at radius 2 is 2.05 bits per heavy atom. The minimum Gasteiger partial charge on any atom is -0.495 e. The molecule has 0 bridgehead atoms. The monoisotopic (exact) mass is 310 g/mol. The number of ether oxygens (including phenoxy) is 1. The molecule has 0 aliphatic carbocycles. The second-order valence-corrected chi connectivity index (χ2v) is 5.25. The Kier molecular flexibility index (Phi) is 5.21. The molecule has 0 aliphatic heterocycles. The summed E-state index contributed by atoms with van der Waals surface area (Å²) in [5.74, 6) is 0.668. The van der Waals surface area contributed by atoms with Crippen LogP contribution in [0.1, 0.15) is 30.2 Å². The summed E-state index contributed by atoms with van der Waals surface area (Å²) in [5.41, 5.74) is 3.17. The summed E-state index contributed by atoms with van der Waals surface area (Å²) in [7, 11) is 1.61. The zero-order chi connectivity index (χ0) is 14.5. The van der Waals surface area contributed by atoms with Crippen LogP contribution in [-0.2, 0) is 12.8 Å². The summed E-state index contributed by atoms with van der Waals surface area (Å²) in [6.45, 7) is 2.13. The molecule has 2 aromatic rings. The van der Waals surface area contributed by atoms with Crippen LogP contribution in [0.4, 0.5) is 0 Å². The number of aromatic nitrogens is 2. The summed E-state index contributed by atoms with van der Waals surface area (Å²) in [5, 5.41) is 0.881. The highest BCUT2D eigenvalue weighted by atomic mass is 35.5. The molecule has 106 valence electrons. The van der Waals surface area contributed by atoms with Gasteiger partial charge in [0.25, 0.3) is 0 Å². The van der Waals surface area contributed by atoms with E-state index in [0.717, 1.165) is 29.7 Å². The van der Waals surface area contributed by atoms with Gasteiger partial charge in [0.15, 0.2) is 0 Å². The first-order chi connectivity index (χ1) is 9.63. The summed E-state index contributed by atoms with van der Waals surface area (Å²) in [6, 6.07) is 5.72. The molecular formula is C15H16Cl2N2O. The molecule has 0 saturated carbocycles. The van der Waals surface area contributed by atoms with E-state index in [0.29, 0.717) is 17.2 Å². The van der Waals surface area contributed by atoms with Gasteiger partial charge in [-0.25, -0.2) is 9.97 Å². The number of nitrogens with zero attached hydrogens (tertiary/aromatic N) is 2. The third kappa shape index (κ3) is 3.62. The quantitative estimate of drug-likeness (QED) is 0.771. The van der Waals surface area contributed by atoms with Crippen LogP contribution in [0, 0.1) is 0 Å². The molecule has 0 saturated heterocycles. The Bertz CT molecular complexity index is 602. The van der Waals surface area contributed by atoms with Crippen molar-refractivity contribution in [2.45, 2.75) is 26.2 Å². The number of hydrogen-bond donors (Lipinski definition) is 0. The standard InChI is InChI=1S/C15H16Cl2N2O/c1-3-4-11-9-18-15(17)19-13(11)7-10-5-6-12(16)14(8-10)20-2/h5-6,8-9H,3-4,7H2,1-2H3. The van der Waals surface area contributed by atoms with Gasteiger partial charge in [0.2, 0.25) is 5.28 Å². The van der Waals surface area contributed by atoms with E-state index in [1.54, 1.807) is 13.3 Å². The highest BCUT2D eigenvalue weighted by molar-refractivity contribution is 6.32. The van der Waals surface area contributed by atoms with Crippen molar-refractivity contribution >= 4 is 23.2 Å². The van der Waals surface area contributed by atoms with Gasteiger partial charge in [0.05, 0.1) is 17.8 Å². The van der Waals surface area contributed by atoms with Gasteiger partial charge >= 0.3 is 0 Å². The lowest BCUT2D eigenvalue weighted by Crippen LogP contribution is -2.01. The van der Waals surface area contributed by atoms with Gasteiger partial charge in [-0.3, -0.25) is 0 Å². The van der Waals surface area contributed by atoms with Crippen molar-refractivity contribution in [3.05, 3.63) is 51.5 Å². The average Bonchev–Trinajstić information content (AvgIpc) is 2.44. The Morgan fingerprint density at radius 3 is 2.75 bits per heavy atom. The molecular weight excluding hydrogens is 295 g/mol. The number of methoxy groups -OCH3 is 1. The van der Waals surface area contributed by atoms with Gasteiger partial charge in [-0.15, -0.1) is 0 Å². The lowest BCUT2D eigenvalue weighted by molar-refractivity contribution is 0.414. The molecule has 0 aliphatic rings. The third-order valence-corrected chi connectivity index (χ3v) is 3.53. The number of aryl methyl sites for hydroxylation is 1. The Balaban J connectivity index is 2.31. The molecule has 2 rings (SSSR count). The van der Waals surface area contributed by atoms with Crippen LogP contribution in [0.25, 0.3) is 0 Å². The van der Waals surface area contributed by atoms with Crippen molar-refractivity contribution in [1.82, 2.24) is 9.97 Å². The van der Waals surface area contributed by atoms with Crippen LogP contribution < -0.4 is 4.74 Å². The van der Waals surface area contributed by atoms with Gasteiger partial charge < -0.3 is 4.74 Å². The molecule has 0 fully saturated rings. The van der Waals surface area contributed by atoms with Crippen molar-refractivity contribution in [3.63, 3.8) is 0 Å². The summed E-state index contributed by atoms with van der Waals surface area (Å²) in [6.07, 6.45) is 4.48. The van der Waals surface area contributed by atoms with Crippen molar-refractivity contribution in [1.29, 1.82) is 0 Å². The maximum absolute atomic E-state index is 6.03. The second kappa shape index (κ2) is 6.91. The maximum atomic E-state index is 6.03. The number of halogens is 2. The van der Waals surface area contributed by atoms with E-state index in [-0.39, 0.29) is 5.28 Å². The Hall–Kier alpha value is -1.32. The smallest absolute Gasteiger partial charge is 0.222 e. The molecule has 1 aromatic heterocycles. The maximum Gasteiger partial charge on any atom is 0.222 e. The average molecular weight is 311 g/mol. The molecule has 0 unspecified atom stereocenters. The van der Waals surface area contributed by atoms with Crippen LogP contribution in [-0.4, -0.2) is 17.1 Å². The molecule has 3 nitrogen and oxygen atoms in total. The lowest BCUT2D eigenvalue weighted by Gasteiger charge is -2.09. The molecule has 0 atom stereocenters. The largest absolute Gasteiger partial charge is 0.495 e. The summed E-state index contributed by atoms with van der Waals surface area (Å²) >= 11 is 11.9. The molecule has 0 spiro atoms. The number of hydrogen-bond acceptors (Lipinski definition) is 3. The second-order valence-electron chi connectivity index (χ2n) is 4.51. The van der Waals surface area contributed by atoms with Gasteiger partial charge in [0.1, 0.15) is 5.75 Å². The van der Waals surface area contributed by atoms with E-state index < -0.39 is 0 Å². The summed E-state index contributed by atoms with van der Waals surface area (Å²) < 4.78 is 5.23. The van der Waals surface area contributed by atoms with Gasteiger partial charge in [0, 0.05) is 12.6 Å². The van der Waals surface area contributed by atoms with Crippen molar-refractivity contribution in [2.24, 2.45) is 0 Å². The van der Waals surface area contributed by atoms with Crippen LogP contribution in [0.5, 0.6) is 5.75 Å². The van der Waals surface area contributed by atoms with E-state index in [4.69, 9.17) is 27.9 Å². The molecule has 20 heavy (non-hydrogen) atoms. The van der Waals surface area contributed by atoms with E-state index in [9.17, 15) is 0 Å². The Labute approximate surface area is 128 Å². The predicted octanol–water partition coefficient (Wildman–Crippen LogP) is 4.34. The van der Waals surface area contributed by atoms with E-state index in [1.165, 1.54) is 0 Å². The molecule has 5 heteroatoms. The number of rotatable bonds is 5. The summed E-state index contributed by atoms with van der Waals surface area (Å²) in [4.78, 5) is 8.40. The zero-order valence-corrected chi connectivity index (χ0v) is 13.0. The lowest BCUT2D eigenvalue weighted by atomic mass is 10.0. The normalized spacial score (nSPS) is 10.6. The van der Waals surface area contributed by atoms with Gasteiger partial charge in [-0.05, 0) is 41.3 Å². The third-order valence-electron chi connectivity index (χ3n) is 3.03. The minimum atomic E-state index is 0.279. The molecule has 0 amide bonds. The highest BCUT2D eigenvalue weighted by Gasteiger charge is 2.09. The van der Waals surface area contributed by atoms with Crippen molar-refractivity contribution in [2.75, 3.05) is 7.11 Å². The number of benzene rings is 1. The minimum absolute atomic E-state index is 0.279. The first-order valence-electron chi connectivity index (χ1n) is 6.46. The van der Waals surface area contributed by atoms with Crippen LogP contribution in [0.3, 0.4) is 0 Å². The van der Waals surface area contributed by atoms with E-state index >= 15 is 0 Å².